The highest BCUT2D eigenvalue weighted by atomic mass is 32.2. The lowest BCUT2D eigenvalue weighted by Gasteiger charge is -2.07. The zero-order valence-electron chi connectivity index (χ0n) is 12.7. The molecule has 0 atom stereocenters. The summed E-state index contributed by atoms with van der Waals surface area (Å²) in [6.07, 6.45) is 3.63. The number of hydrogen-bond donors (Lipinski definition) is 0. The Morgan fingerprint density at radius 2 is 1.96 bits per heavy atom. The first-order chi connectivity index (χ1) is 11.8. The second-order valence-corrected chi connectivity index (χ2v) is 6.14. The molecule has 0 N–H and O–H groups in total. The van der Waals surface area contributed by atoms with Gasteiger partial charge < -0.3 is 9.47 Å². The van der Waals surface area contributed by atoms with Gasteiger partial charge in [0.15, 0.2) is 22.4 Å². The van der Waals surface area contributed by atoms with Crippen LogP contribution in [-0.4, -0.2) is 27.9 Å². The maximum absolute atomic E-state index is 12.4. The van der Waals surface area contributed by atoms with E-state index in [0.717, 1.165) is 10.8 Å². The van der Waals surface area contributed by atoms with E-state index in [1.54, 1.807) is 24.4 Å². The number of benzene rings is 2. The number of para-hydroxylation sites is 1. The van der Waals surface area contributed by atoms with Crippen LogP contribution in [0.25, 0.3) is 5.69 Å². The van der Waals surface area contributed by atoms with Crippen molar-refractivity contribution in [3.8, 4) is 17.2 Å². The van der Waals surface area contributed by atoms with Crippen LogP contribution in [0.2, 0.25) is 0 Å². The molecule has 4 rings (SSSR count). The average Bonchev–Trinajstić information content (AvgIpc) is 3.28. The number of aromatic nitrogens is 2. The molecular weight excluding hydrogens is 324 g/mol. The van der Waals surface area contributed by atoms with Crippen molar-refractivity contribution in [2.75, 3.05) is 12.5 Å². The molecule has 1 aliphatic heterocycles. The smallest absolute Gasteiger partial charge is 0.231 e. The van der Waals surface area contributed by atoms with Crippen molar-refractivity contribution in [1.82, 2.24) is 9.55 Å². The van der Waals surface area contributed by atoms with Gasteiger partial charge in [-0.05, 0) is 30.3 Å². The van der Waals surface area contributed by atoms with E-state index in [2.05, 4.69) is 4.98 Å². The normalized spacial score (nSPS) is 12.3. The second-order valence-electron chi connectivity index (χ2n) is 5.20. The van der Waals surface area contributed by atoms with Gasteiger partial charge in [0.25, 0.3) is 0 Å². The summed E-state index contributed by atoms with van der Waals surface area (Å²) in [5.41, 5.74) is 1.64. The van der Waals surface area contributed by atoms with Crippen LogP contribution in [0.1, 0.15) is 10.4 Å². The third-order valence-electron chi connectivity index (χ3n) is 3.67. The number of Topliss-reactive ketones (excluding diaryl/α,β-unsaturated/α-hetero) is 1. The number of carbonyl (C=O) groups excluding carboxylic acids is 1. The summed E-state index contributed by atoms with van der Waals surface area (Å²) < 4.78 is 12.6. The minimum Gasteiger partial charge on any atom is -0.454 e. The van der Waals surface area contributed by atoms with Gasteiger partial charge in [0.2, 0.25) is 6.79 Å². The van der Waals surface area contributed by atoms with Gasteiger partial charge in [-0.3, -0.25) is 9.36 Å². The summed E-state index contributed by atoms with van der Waals surface area (Å²) in [6.45, 7) is 0.205. The van der Waals surface area contributed by atoms with Crippen molar-refractivity contribution in [3.63, 3.8) is 0 Å². The number of ketones is 1. The molecular formula is C18H14N2O3S. The summed E-state index contributed by atoms with van der Waals surface area (Å²) in [7, 11) is 0. The first kappa shape index (κ1) is 14.8. The molecule has 1 aliphatic rings. The Bertz CT molecular complexity index is 877. The van der Waals surface area contributed by atoms with Crippen molar-refractivity contribution < 1.29 is 14.3 Å². The van der Waals surface area contributed by atoms with Crippen molar-refractivity contribution >= 4 is 17.5 Å². The van der Waals surface area contributed by atoms with E-state index in [1.165, 1.54) is 11.8 Å². The zero-order chi connectivity index (χ0) is 16.4. The van der Waals surface area contributed by atoms with Gasteiger partial charge in [0, 0.05) is 23.6 Å². The number of hydrogen-bond acceptors (Lipinski definition) is 5. The molecule has 2 aromatic carbocycles. The number of ether oxygens (including phenoxy) is 2. The van der Waals surface area contributed by atoms with Gasteiger partial charge in [-0.25, -0.2) is 4.98 Å². The molecule has 0 unspecified atom stereocenters. The summed E-state index contributed by atoms with van der Waals surface area (Å²) in [6, 6.07) is 15.2. The monoisotopic (exact) mass is 338 g/mol. The Hall–Kier alpha value is -2.73. The van der Waals surface area contributed by atoms with Gasteiger partial charge in [0.1, 0.15) is 0 Å². The molecule has 0 amide bonds. The fourth-order valence-electron chi connectivity index (χ4n) is 2.47. The van der Waals surface area contributed by atoms with Crippen LogP contribution >= 0.6 is 11.8 Å². The summed E-state index contributed by atoms with van der Waals surface area (Å²) in [5.74, 6) is 1.64. The molecule has 0 saturated carbocycles. The predicted molar refractivity (Wildman–Crippen MR) is 91.2 cm³/mol. The number of carbonyl (C=O) groups is 1. The summed E-state index contributed by atoms with van der Waals surface area (Å²) in [4.78, 5) is 16.8. The van der Waals surface area contributed by atoms with Crippen molar-refractivity contribution in [2.24, 2.45) is 0 Å². The van der Waals surface area contributed by atoms with Gasteiger partial charge in [0.05, 0.1) is 5.75 Å². The Labute approximate surface area is 143 Å². The third-order valence-corrected chi connectivity index (χ3v) is 4.63. The molecule has 3 aromatic rings. The molecule has 0 bridgehead atoms. The molecule has 5 nitrogen and oxygen atoms in total. The Balaban J connectivity index is 1.48. The number of imidazole rings is 1. The van der Waals surface area contributed by atoms with Crippen LogP contribution in [0, 0.1) is 0 Å². The van der Waals surface area contributed by atoms with E-state index < -0.39 is 0 Å². The predicted octanol–water partition coefficient (Wildman–Crippen LogP) is 3.58. The molecule has 0 aliphatic carbocycles. The lowest BCUT2D eigenvalue weighted by atomic mass is 10.1. The molecule has 0 spiro atoms. The molecule has 0 saturated heterocycles. The highest BCUT2D eigenvalue weighted by Crippen LogP contribution is 2.33. The maximum Gasteiger partial charge on any atom is 0.231 e. The van der Waals surface area contributed by atoms with Crippen molar-refractivity contribution in [2.45, 2.75) is 5.16 Å². The van der Waals surface area contributed by atoms with Crippen molar-refractivity contribution in [3.05, 3.63) is 66.5 Å². The Morgan fingerprint density at radius 3 is 2.83 bits per heavy atom. The van der Waals surface area contributed by atoms with E-state index in [4.69, 9.17) is 9.47 Å². The van der Waals surface area contributed by atoms with Crippen LogP contribution < -0.4 is 9.47 Å². The van der Waals surface area contributed by atoms with Crippen molar-refractivity contribution in [1.29, 1.82) is 0 Å². The largest absolute Gasteiger partial charge is 0.454 e. The van der Waals surface area contributed by atoms with Crippen LogP contribution in [0.15, 0.2) is 66.1 Å². The van der Waals surface area contributed by atoms with Crippen LogP contribution in [-0.2, 0) is 0 Å². The van der Waals surface area contributed by atoms with Crippen LogP contribution in [0.5, 0.6) is 11.5 Å². The molecule has 0 radical (unpaired) electrons. The Kier molecular flexibility index (Phi) is 3.96. The van der Waals surface area contributed by atoms with E-state index in [0.29, 0.717) is 22.8 Å². The minimum atomic E-state index is 0.0286. The summed E-state index contributed by atoms with van der Waals surface area (Å²) >= 11 is 1.42. The molecule has 24 heavy (non-hydrogen) atoms. The zero-order valence-corrected chi connectivity index (χ0v) is 13.5. The first-order valence-electron chi connectivity index (χ1n) is 7.46. The molecule has 120 valence electrons. The standard InChI is InChI=1S/C18H14N2O3S/c21-15(13-6-7-16-17(10-13)23-12-22-16)11-24-18-19-8-9-20(18)14-4-2-1-3-5-14/h1-10H,11-12H2. The van der Waals surface area contributed by atoms with Gasteiger partial charge in [-0.1, -0.05) is 30.0 Å². The van der Waals surface area contributed by atoms with Gasteiger partial charge >= 0.3 is 0 Å². The third kappa shape index (κ3) is 2.88. The van der Waals surface area contributed by atoms with Gasteiger partial charge in [-0.2, -0.15) is 0 Å². The summed E-state index contributed by atoms with van der Waals surface area (Å²) in [5, 5.41) is 0.787. The van der Waals surface area contributed by atoms with Crippen LogP contribution in [0.4, 0.5) is 0 Å². The number of nitrogens with zero attached hydrogens (tertiary/aromatic N) is 2. The second kappa shape index (κ2) is 6.41. The first-order valence-corrected chi connectivity index (χ1v) is 8.44. The quantitative estimate of drug-likeness (QED) is 0.526. The fraction of sp³-hybridized carbons (Fsp3) is 0.111. The molecule has 2 heterocycles. The number of thioether (sulfide) groups is 1. The lowest BCUT2D eigenvalue weighted by Crippen LogP contribution is -2.04. The SMILES string of the molecule is O=C(CSc1nccn1-c1ccccc1)c1ccc2c(c1)OCO2. The molecule has 6 heteroatoms. The maximum atomic E-state index is 12.4. The highest BCUT2D eigenvalue weighted by Gasteiger charge is 2.17. The van der Waals surface area contributed by atoms with E-state index >= 15 is 0 Å². The van der Waals surface area contributed by atoms with E-state index in [1.807, 2.05) is 41.1 Å². The molecule has 0 fully saturated rings. The number of fused-ring (bicyclic) bond motifs is 1. The average molecular weight is 338 g/mol. The Morgan fingerprint density at radius 1 is 1.12 bits per heavy atom. The minimum absolute atomic E-state index is 0.0286. The topological polar surface area (TPSA) is 53.4 Å². The molecule has 1 aromatic heterocycles. The van der Waals surface area contributed by atoms with E-state index in [9.17, 15) is 4.79 Å². The number of rotatable bonds is 5. The highest BCUT2D eigenvalue weighted by molar-refractivity contribution is 7.99. The van der Waals surface area contributed by atoms with Gasteiger partial charge in [-0.15, -0.1) is 0 Å². The lowest BCUT2D eigenvalue weighted by molar-refractivity contribution is 0.102. The fourth-order valence-corrected chi connectivity index (χ4v) is 3.33. The van der Waals surface area contributed by atoms with E-state index in [-0.39, 0.29) is 12.6 Å². The van der Waals surface area contributed by atoms with Crippen LogP contribution in [0.3, 0.4) is 0 Å².